The second kappa shape index (κ2) is 3.10. The van der Waals surface area contributed by atoms with E-state index in [1.165, 1.54) is 0 Å². The quantitative estimate of drug-likeness (QED) is 0.682. The van der Waals surface area contributed by atoms with Crippen molar-refractivity contribution in [3.8, 4) is 5.95 Å². The van der Waals surface area contributed by atoms with Gasteiger partial charge < -0.3 is 4.98 Å². The lowest BCUT2D eigenvalue weighted by molar-refractivity contribution is 0.829. The van der Waals surface area contributed by atoms with Crippen molar-refractivity contribution in [1.29, 1.82) is 0 Å². The SMILES string of the molecule is Clc1cccc2[nH]c(-n3cccn3)nc12. The number of halogens is 1. The molecule has 3 rings (SSSR count). The summed E-state index contributed by atoms with van der Waals surface area (Å²) in [4.78, 5) is 7.51. The number of fused-ring (bicyclic) bond motifs is 1. The largest absolute Gasteiger partial charge is 0.322 e. The summed E-state index contributed by atoms with van der Waals surface area (Å²) in [6, 6.07) is 7.48. The molecule has 0 aliphatic rings. The molecule has 0 atom stereocenters. The van der Waals surface area contributed by atoms with E-state index in [-0.39, 0.29) is 0 Å². The molecule has 2 aromatic heterocycles. The molecule has 15 heavy (non-hydrogen) atoms. The maximum absolute atomic E-state index is 6.02. The zero-order valence-corrected chi connectivity index (χ0v) is 8.44. The molecule has 0 saturated heterocycles. The maximum Gasteiger partial charge on any atom is 0.229 e. The summed E-state index contributed by atoms with van der Waals surface area (Å²) in [7, 11) is 0. The van der Waals surface area contributed by atoms with Crippen LogP contribution >= 0.6 is 11.6 Å². The van der Waals surface area contributed by atoms with Gasteiger partial charge in [0.2, 0.25) is 5.95 Å². The van der Waals surface area contributed by atoms with E-state index < -0.39 is 0 Å². The summed E-state index contributed by atoms with van der Waals surface area (Å²) in [6.07, 6.45) is 3.53. The van der Waals surface area contributed by atoms with Crippen molar-refractivity contribution in [1.82, 2.24) is 19.7 Å². The Hall–Kier alpha value is -1.81. The van der Waals surface area contributed by atoms with Gasteiger partial charge in [-0.1, -0.05) is 17.7 Å². The second-order valence-corrected chi connectivity index (χ2v) is 3.55. The number of para-hydroxylation sites is 1. The molecule has 0 saturated carbocycles. The number of hydrogen-bond acceptors (Lipinski definition) is 2. The van der Waals surface area contributed by atoms with Crippen LogP contribution in [0.2, 0.25) is 5.02 Å². The first-order valence-electron chi connectivity index (χ1n) is 4.49. The van der Waals surface area contributed by atoms with Gasteiger partial charge in [0.1, 0.15) is 5.52 Å². The predicted molar refractivity (Wildman–Crippen MR) is 58.2 cm³/mol. The smallest absolute Gasteiger partial charge is 0.229 e. The molecule has 0 fully saturated rings. The number of aromatic amines is 1. The number of rotatable bonds is 1. The van der Waals surface area contributed by atoms with Crippen molar-refractivity contribution in [2.75, 3.05) is 0 Å². The molecule has 0 amide bonds. The highest BCUT2D eigenvalue weighted by Gasteiger charge is 2.06. The minimum Gasteiger partial charge on any atom is -0.322 e. The molecule has 0 radical (unpaired) electrons. The van der Waals surface area contributed by atoms with Gasteiger partial charge in [-0.3, -0.25) is 0 Å². The van der Waals surface area contributed by atoms with Crippen molar-refractivity contribution in [2.24, 2.45) is 0 Å². The molecule has 0 aliphatic carbocycles. The lowest BCUT2D eigenvalue weighted by atomic mass is 10.3. The minimum absolute atomic E-state index is 0.641. The third-order valence-corrected chi connectivity index (χ3v) is 2.48. The summed E-state index contributed by atoms with van der Waals surface area (Å²) in [6.45, 7) is 0. The Morgan fingerprint density at radius 3 is 2.93 bits per heavy atom. The first-order valence-corrected chi connectivity index (χ1v) is 4.86. The van der Waals surface area contributed by atoms with Gasteiger partial charge in [-0.2, -0.15) is 5.10 Å². The average Bonchev–Trinajstić information content (AvgIpc) is 2.86. The summed E-state index contributed by atoms with van der Waals surface area (Å²) < 4.78 is 1.66. The fourth-order valence-electron chi connectivity index (χ4n) is 1.49. The molecule has 1 N–H and O–H groups in total. The Labute approximate surface area is 90.5 Å². The van der Waals surface area contributed by atoms with Crippen molar-refractivity contribution >= 4 is 22.6 Å². The van der Waals surface area contributed by atoms with Gasteiger partial charge in [-0.05, 0) is 18.2 Å². The Balaban J connectivity index is 2.27. The van der Waals surface area contributed by atoms with E-state index in [1.807, 2.05) is 30.5 Å². The van der Waals surface area contributed by atoms with Gasteiger partial charge in [0.25, 0.3) is 0 Å². The lowest BCUT2D eigenvalue weighted by Crippen LogP contribution is -1.95. The average molecular weight is 219 g/mol. The topological polar surface area (TPSA) is 46.5 Å². The van der Waals surface area contributed by atoms with E-state index in [1.54, 1.807) is 10.9 Å². The Kier molecular flexibility index (Phi) is 1.76. The van der Waals surface area contributed by atoms with Crippen LogP contribution in [0.15, 0.2) is 36.7 Å². The predicted octanol–water partition coefficient (Wildman–Crippen LogP) is 2.40. The third-order valence-electron chi connectivity index (χ3n) is 2.17. The van der Waals surface area contributed by atoms with Crippen LogP contribution in [0.5, 0.6) is 0 Å². The molecule has 74 valence electrons. The number of H-pyrrole nitrogens is 1. The van der Waals surface area contributed by atoms with Crippen molar-refractivity contribution < 1.29 is 0 Å². The molecule has 4 nitrogen and oxygen atoms in total. The van der Waals surface area contributed by atoms with Gasteiger partial charge in [-0.25, -0.2) is 9.67 Å². The van der Waals surface area contributed by atoms with Crippen LogP contribution < -0.4 is 0 Å². The number of aromatic nitrogens is 4. The molecular formula is C10H7ClN4. The van der Waals surface area contributed by atoms with Crippen LogP contribution in [-0.2, 0) is 0 Å². The standard InChI is InChI=1S/C10H7ClN4/c11-7-3-1-4-8-9(7)14-10(13-8)15-6-2-5-12-15/h1-6H,(H,13,14). The number of hydrogen-bond donors (Lipinski definition) is 1. The van der Waals surface area contributed by atoms with E-state index >= 15 is 0 Å². The summed E-state index contributed by atoms with van der Waals surface area (Å²) in [5.41, 5.74) is 1.68. The molecule has 0 unspecified atom stereocenters. The number of imidazole rings is 1. The van der Waals surface area contributed by atoms with Crippen LogP contribution in [0, 0.1) is 0 Å². The van der Waals surface area contributed by atoms with Crippen LogP contribution in [0.3, 0.4) is 0 Å². The molecule has 0 aliphatic heterocycles. The first-order chi connectivity index (χ1) is 7.34. The highest BCUT2D eigenvalue weighted by molar-refractivity contribution is 6.34. The summed E-state index contributed by atoms with van der Waals surface area (Å²) in [5.74, 6) is 0.670. The molecular weight excluding hydrogens is 212 g/mol. The fourth-order valence-corrected chi connectivity index (χ4v) is 1.70. The first kappa shape index (κ1) is 8.49. The van der Waals surface area contributed by atoms with Crippen LogP contribution in [-0.4, -0.2) is 19.7 Å². The van der Waals surface area contributed by atoms with Crippen molar-refractivity contribution in [3.63, 3.8) is 0 Å². The maximum atomic E-state index is 6.02. The fraction of sp³-hybridized carbons (Fsp3) is 0. The van der Waals surface area contributed by atoms with Gasteiger partial charge >= 0.3 is 0 Å². The zero-order chi connectivity index (χ0) is 10.3. The van der Waals surface area contributed by atoms with E-state index in [0.717, 1.165) is 11.0 Å². The third kappa shape index (κ3) is 1.30. The van der Waals surface area contributed by atoms with Gasteiger partial charge in [0.05, 0.1) is 10.5 Å². The van der Waals surface area contributed by atoms with Crippen LogP contribution in [0.4, 0.5) is 0 Å². The lowest BCUT2D eigenvalue weighted by Gasteiger charge is -1.91. The van der Waals surface area contributed by atoms with E-state index in [9.17, 15) is 0 Å². The Morgan fingerprint density at radius 1 is 1.27 bits per heavy atom. The van der Waals surface area contributed by atoms with E-state index in [4.69, 9.17) is 11.6 Å². The van der Waals surface area contributed by atoms with Crippen molar-refractivity contribution in [2.45, 2.75) is 0 Å². The summed E-state index contributed by atoms with van der Waals surface area (Å²) in [5, 5.41) is 4.73. The number of nitrogens with zero attached hydrogens (tertiary/aromatic N) is 3. The number of benzene rings is 1. The second-order valence-electron chi connectivity index (χ2n) is 3.15. The number of nitrogens with one attached hydrogen (secondary N) is 1. The molecule has 5 heteroatoms. The summed E-state index contributed by atoms with van der Waals surface area (Å²) >= 11 is 6.02. The Morgan fingerprint density at radius 2 is 2.20 bits per heavy atom. The molecule has 2 heterocycles. The van der Waals surface area contributed by atoms with E-state index in [0.29, 0.717) is 11.0 Å². The normalized spacial score (nSPS) is 11.0. The van der Waals surface area contributed by atoms with Gasteiger partial charge in [-0.15, -0.1) is 0 Å². The van der Waals surface area contributed by atoms with Crippen LogP contribution in [0.1, 0.15) is 0 Å². The minimum atomic E-state index is 0.641. The molecule has 0 bridgehead atoms. The zero-order valence-electron chi connectivity index (χ0n) is 7.68. The van der Waals surface area contributed by atoms with Gasteiger partial charge in [0.15, 0.2) is 0 Å². The monoisotopic (exact) mass is 218 g/mol. The van der Waals surface area contributed by atoms with Crippen molar-refractivity contribution in [3.05, 3.63) is 41.7 Å². The van der Waals surface area contributed by atoms with Crippen LogP contribution in [0.25, 0.3) is 17.0 Å². The highest BCUT2D eigenvalue weighted by atomic mass is 35.5. The van der Waals surface area contributed by atoms with Gasteiger partial charge in [0, 0.05) is 12.4 Å². The molecule has 0 spiro atoms. The van der Waals surface area contributed by atoms with E-state index in [2.05, 4.69) is 15.1 Å². The molecule has 3 aromatic rings. The Bertz CT molecular complexity index is 597. The molecule has 1 aromatic carbocycles. The highest BCUT2D eigenvalue weighted by Crippen LogP contribution is 2.21.